The lowest BCUT2D eigenvalue weighted by atomic mass is 9.82. The average Bonchev–Trinajstić information content (AvgIpc) is 2.45. The monoisotopic (exact) mass is 210 g/mol. The smallest absolute Gasteiger partial charge is 0.345 e. The van der Waals surface area contributed by atoms with Gasteiger partial charge >= 0.3 is 5.97 Å². The molecule has 1 aliphatic carbocycles. The largest absolute Gasteiger partial charge is 0.488 e. The Morgan fingerprint density at radius 2 is 2.27 bits per heavy atom. The zero-order valence-corrected chi connectivity index (χ0v) is 8.75. The topological polar surface area (TPSA) is 52.6 Å². The number of allylic oxidation sites excluding steroid dienone is 1. The third-order valence-corrected chi connectivity index (χ3v) is 2.84. The van der Waals surface area contributed by atoms with E-state index >= 15 is 0 Å². The predicted molar refractivity (Wildman–Crippen MR) is 52.0 cm³/mol. The number of hydrogen-bond acceptors (Lipinski definition) is 4. The van der Waals surface area contributed by atoms with E-state index in [1.807, 2.05) is 0 Å². The van der Waals surface area contributed by atoms with Crippen molar-refractivity contribution in [3.05, 3.63) is 11.3 Å². The molecule has 0 atom stereocenters. The molecule has 1 aliphatic heterocycles. The number of esters is 1. The van der Waals surface area contributed by atoms with Gasteiger partial charge in [-0.3, -0.25) is 4.79 Å². The first-order valence-corrected chi connectivity index (χ1v) is 5.31. The lowest BCUT2D eigenvalue weighted by Gasteiger charge is -2.26. The second kappa shape index (κ2) is 4.04. The number of ether oxygens (including phenoxy) is 2. The van der Waals surface area contributed by atoms with Gasteiger partial charge in [-0.15, -0.1) is 0 Å². The van der Waals surface area contributed by atoms with Gasteiger partial charge in [0.15, 0.2) is 6.61 Å². The third-order valence-electron chi connectivity index (χ3n) is 2.84. The highest BCUT2D eigenvalue weighted by atomic mass is 16.5. The first kappa shape index (κ1) is 10.2. The van der Waals surface area contributed by atoms with Crippen molar-refractivity contribution >= 4 is 11.8 Å². The number of Topliss-reactive ketones (excluding diaryl/α,β-unsaturated/α-hetero) is 1. The minimum absolute atomic E-state index is 0.0000189. The van der Waals surface area contributed by atoms with Gasteiger partial charge in [-0.25, -0.2) is 4.79 Å². The van der Waals surface area contributed by atoms with Crippen LogP contribution in [0.3, 0.4) is 0 Å². The fraction of sp³-hybridized carbons (Fsp3) is 0.636. The Kier molecular flexibility index (Phi) is 2.75. The first-order valence-electron chi connectivity index (χ1n) is 5.31. The van der Waals surface area contributed by atoms with Crippen molar-refractivity contribution in [3.8, 4) is 0 Å². The lowest BCUT2D eigenvalue weighted by molar-refractivity contribution is -0.139. The highest BCUT2D eigenvalue weighted by molar-refractivity contribution is 6.19. The van der Waals surface area contributed by atoms with Crippen LogP contribution in [0.2, 0.25) is 0 Å². The van der Waals surface area contributed by atoms with Crippen LogP contribution in [0.1, 0.15) is 26.2 Å². The van der Waals surface area contributed by atoms with Crippen molar-refractivity contribution in [2.45, 2.75) is 26.2 Å². The normalized spacial score (nSPS) is 21.3. The van der Waals surface area contributed by atoms with Gasteiger partial charge in [0, 0.05) is 5.92 Å². The van der Waals surface area contributed by atoms with E-state index in [0.29, 0.717) is 5.76 Å². The standard InChI is InChI=1S/C11H14O4/c1-2-14-11(13)9-8(12)6-15-10(9)7-4-3-5-7/h7H,2-6H2,1H3. The van der Waals surface area contributed by atoms with Gasteiger partial charge in [-0.1, -0.05) is 6.42 Å². The summed E-state index contributed by atoms with van der Waals surface area (Å²) in [5.41, 5.74) is 0.154. The van der Waals surface area contributed by atoms with Crippen molar-refractivity contribution in [1.82, 2.24) is 0 Å². The summed E-state index contributed by atoms with van der Waals surface area (Å²) in [6, 6.07) is 0. The molecule has 2 aliphatic rings. The van der Waals surface area contributed by atoms with Crippen LogP contribution in [-0.4, -0.2) is 25.0 Å². The van der Waals surface area contributed by atoms with E-state index in [1.54, 1.807) is 6.92 Å². The Labute approximate surface area is 88.2 Å². The molecule has 0 N–H and O–H groups in total. The van der Waals surface area contributed by atoms with E-state index in [1.165, 1.54) is 0 Å². The van der Waals surface area contributed by atoms with Crippen LogP contribution in [0, 0.1) is 5.92 Å². The quantitative estimate of drug-likeness (QED) is 0.519. The fourth-order valence-corrected chi connectivity index (χ4v) is 1.84. The van der Waals surface area contributed by atoms with Crippen molar-refractivity contribution in [1.29, 1.82) is 0 Å². The van der Waals surface area contributed by atoms with Gasteiger partial charge in [0.1, 0.15) is 11.3 Å². The van der Waals surface area contributed by atoms with Crippen LogP contribution in [0.5, 0.6) is 0 Å². The number of rotatable bonds is 3. The Bertz CT molecular complexity index is 325. The van der Waals surface area contributed by atoms with Crippen LogP contribution in [0.15, 0.2) is 11.3 Å². The molecule has 15 heavy (non-hydrogen) atoms. The molecule has 0 aromatic carbocycles. The molecule has 1 saturated carbocycles. The van der Waals surface area contributed by atoms with E-state index in [9.17, 15) is 9.59 Å². The van der Waals surface area contributed by atoms with Crippen molar-refractivity contribution < 1.29 is 19.1 Å². The van der Waals surface area contributed by atoms with Gasteiger partial charge < -0.3 is 9.47 Å². The Balaban J connectivity index is 2.20. The molecule has 0 aromatic heterocycles. The Morgan fingerprint density at radius 3 is 2.80 bits per heavy atom. The first-order chi connectivity index (χ1) is 7.24. The Hall–Kier alpha value is -1.32. The van der Waals surface area contributed by atoms with Gasteiger partial charge in [0.2, 0.25) is 5.78 Å². The molecule has 0 unspecified atom stereocenters. The van der Waals surface area contributed by atoms with E-state index in [-0.39, 0.29) is 30.5 Å². The van der Waals surface area contributed by atoms with E-state index in [0.717, 1.165) is 19.3 Å². The maximum Gasteiger partial charge on any atom is 0.345 e. The summed E-state index contributed by atoms with van der Waals surface area (Å²) in [7, 11) is 0. The molecule has 0 spiro atoms. The van der Waals surface area contributed by atoms with Gasteiger partial charge in [0.25, 0.3) is 0 Å². The number of carbonyl (C=O) groups is 2. The van der Waals surface area contributed by atoms with Crippen molar-refractivity contribution in [2.24, 2.45) is 5.92 Å². The zero-order valence-electron chi connectivity index (χ0n) is 8.75. The summed E-state index contributed by atoms with van der Waals surface area (Å²) in [6.45, 7) is 2.01. The molecule has 0 radical (unpaired) electrons. The van der Waals surface area contributed by atoms with Crippen molar-refractivity contribution in [3.63, 3.8) is 0 Å². The molecule has 4 heteroatoms. The van der Waals surface area contributed by atoms with Gasteiger partial charge in [-0.05, 0) is 19.8 Å². The zero-order chi connectivity index (χ0) is 10.8. The van der Waals surface area contributed by atoms with Crippen LogP contribution in [-0.2, 0) is 19.1 Å². The molecule has 0 bridgehead atoms. The molecule has 1 heterocycles. The molecule has 4 nitrogen and oxygen atoms in total. The molecular formula is C11H14O4. The molecule has 0 amide bonds. The van der Waals surface area contributed by atoms with E-state index in [2.05, 4.69) is 0 Å². The number of carbonyl (C=O) groups excluding carboxylic acids is 2. The molecule has 2 rings (SSSR count). The minimum Gasteiger partial charge on any atom is -0.488 e. The summed E-state index contributed by atoms with van der Waals surface area (Å²) in [4.78, 5) is 23.0. The Morgan fingerprint density at radius 1 is 1.53 bits per heavy atom. The maximum absolute atomic E-state index is 11.5. The molecule has 0 saturated heterocycles. The SMILES string of the molecule is CCOC(=O)C1=C(C2CCC2)OCC1=O. The van der Waals surface area contributed by atoms with E-state index < -0.39 is 5.97 Å². The minimum atomic E-state index is -0.526. The highest BCUT2D eigenvalue weighted by Gasteiger charge is 2.37. The number of hydrogen-bond donors (Lipinski definition) is 0. The van der Waals surface area contributed by atoms with Crippen LogP contribution >= 0.6 is 0 Å². The molecular weight excluding hydrogens is 196 g/mol. The molecule has 0 aromatic rings. The van der Waals surface area contributed by atoms with Gasteiger partial charge in [0.05, 0.1) is 6.61 Å². The summed E-state index contributed by atoms with van der Waals surface area (Å²) >= 11 is 0. The third kappa shape index (κ3) is 1.76. The second-order valence-electron chi connectivity index (χ2n) is 3.80. The summed E-state index contributed by atoms with van der Waals surface area (Å²) in [5, 5.41) is 0. The van der Waals surface area contributed by atoms with Gasteiger partial charge in [-0.2, -0.15) is 0 Å². The lowest BCUT2D eigenvalue weighted by Crippen LogP contribution is -2.19. The summed E-state index contributed by atoms with van der Waals surface area (Å²) in [6.07, 6.45) is 3.15. The summed E-state index contributed by atoms with van der Waals surface area (Å²) in [5.74, 6) is 0.0674. The maximum atomic E-state index is 11.5. The fourth-order valence-electron chi connectivity index (χ4n) is 1.84. The molecule has 1 fully saturated rings. The average molecular weight is 210 g/mol. The van der Waals surface area contributed by atoms with Crippen LogP contribution in [0.4, 0.5) is 0 Å². The van der Waals surface area contributed by atoms with Crippen LogP contribution < -0.4 is 0 Å². The second-order valence-corrected chi connectivity index (χ2v) is 3.80. The predicted octanol–water partition coefficient (Wildman–Crippen LogP) is 1.20. The van der Waals surface area contributed by atoms with Crippen LogP contribution in [0.25, 0.3) is 0 Å². The summed E-state index contributed by atoms with van der Waals surface area (Å²) < 4.78 is 10.1. The highest BCUT2D eigenvalue weighted by Crippen LogP contribution is 2.37. The van der Waals surface area contributed by atoms with E-state index in [4.69, 9.17) is 9.47 Å². The molecule has 82 valence electrons. The van der Waals surface area contributed by atoms with Crippen molar-refractivity contribution in [2.75, 3.05) is 13.2 Å². The number of ketones is 1.